The molecule has 2 nitrogen and oxygen atoms in total. The summed E-state index contributed by atoms with van der Waals surface area (Å²) in [6, 6.07) is 2.86. The van der Waals surface area contributed by atoms with E-state index in [-0.39, 0.29) is 0 Å². The van der Waals surface area contributed by atoms with Crippen molar-refractivity contribution in [2.45, 2.75) is 79.2 Å². The topological polar surface area (TPSA) is 21.3 Å². The van der Waals surface area contributed by atoms with Crippen molar-refractivity contribution < 1.29 is 4.74 Å². The molecule has 0 amide bonds. The van der Waals surface area contributed by atoms with Crippen LogP contribution in [0, 0.1) is 18.8 Å². The van der Waals surface area contributed by atoms with E-state index in [1.807, 2.05) is 11.3 Å². The second-order valence-corrected chi connectivity index (χ2v) is 8.37. The van der Waals surface area contributed by atoms with Crippen LogP contribution in [0.5, 0.6) is 0 Å². The van der Waals surface area contributed by atoms with E-state index in [9.17, 15) is 0 Å². The number of rotatable bonds is 6. The van der Waals surface area contributed by atoms with E-state index in [1.165, 1.54) is 34.6 Å². The van der Waals surface area contributed by atoms with Crippen molar-refractivity contribution in [2.24, 2.45) is 11.8 Å². The molecule has 2 rings (SSSR count). The van der Waals surface area contributed by atoms with E-state index in [4.69, 9.17) is 4.74 Å². The minimum absolute atomic E-state index is 0.465. The molecule has 1 aromatic rings. The van der Waals surface area contributed by atoms with Gasteiger partial charge in [-0.3, -0.25) is 0 Å². The molecule has 1 aliphatic rings. The fourth-order valence-corrected chi connectivity index (χ4v) is 3.98. The molecular weight excluding hydrogens is 278 g/mol. The zero-order valence-corrected chi connectivity index (χ0v) is 15.1. The lowest BCUT2D eigenvalue weighted by Gasteiger charge is -2.31. The lowest BCUT2D eigenvalue weighted by atomic mass is 9.80. The molecule has 1 N–H and O–H groups in total. The summed E-state index contributed by atoms with van der Waals surface area (Å²) in [5, 5.41) is 3.49. The molecule has 1 fully saturated rings. The van der Waals surface area contributed by atoms with Crippen LogP contribution >= 0.6 is 11.3 Å². The molecule has 120 valence electrons. The van der Waals surface area contributed by atoms with Crippen LogP contribution in [0.25, 0.3) is 0 Å². The average Bonchev–Trinajstić information content (AvgIpc) is 2.78. The van der Waals surface area contributed by atoms with Crippen LogP contribution in [0.2, 0.25) is 0 Å². The van der Waals surface area contributed by atoms with Gasteiger partial charge in [0.25, 0.3) is 0 Å². The van der Waals surface area contributed by atoms with E-state index in [2.05, 4.69) is 46.0 Å². The van der Waals surface area contributed by atoms with Crippen LogP contribution in [-0.4, -0.2) is 12.1 Å². The van der Waals surface area contributed by atoms with Gasteiger partial charge in [-0.2, -0.15) is 0 Å². The third kappa shape index (κ3) is 5.08. The maximum Gasteiger partial charge on any atom is 0.0731 e. The van der Waals surface area contributed by atoms with Crippen molar-refractivity contribution in [2.75, 3.05) is 0 Å². The van der Waals surface area contributed by atoms with Gasteiger partial charge >= 0.3 is 0 Å². The highest BCUT2D eigenvalue weighted by Crippen LogP contribution is 2.32. The van der Waals surface area contributed by atoms with E-state index in [0.717, 1.165) is 25.0 Å². The van der Waals surface area contributed by atoms with Crippen LogP contribution in [0.4, 0.5) is 0 Å². The van der Waals surface area contributed by atoms with Gasteiger partial charge in [-0.25, -0.2) is 0 Å². The van der Waals surface area contributed by atoms with Gasteiger partial charge in [-0.05, 0) is 49.7 Å². The summed E-state index contributed by atoms with van der Waals surface area (Å²) >= 11 is 1.90. The van der Waals surface area contributed by atoms with Crippen molar-refractivity contribution in [3.63, 3.8) is 0 Å². The third-order valence-electron chi connectivity index (χ3n) is 4.78. The van der Waals surface area contributed by atoms with Crippen LogP contribution < -0.4 is 5.32 Å². The monoisotopic (exact) mass is 309 g/mol. The summed E-state index contributed by atoms with van der Waals surface area (Å²) < 4.78 is 6.19. The van der Waals surface area contributed by atoms with Crippen LogP contribution in [0.15, 0.2) is 6.07 Å². The summed E-state index contributed by atoms with van der Waals surface area (Å²) in [5.74, 6) is 1.67. The lowest BCUT2D eigenvalue weighted by molar-refractivity contribution is -0.00749. The highest BCUT2D eigenvalue weighted by atomic mass is 32.1. The number of nitrogens with one attached hydrogen (secondary N) is 1. The Labute approximate surface area is 134 Å². The van der Waals surface area contributed by atoms with E-state index in [0.29, 0.717) is 12.1 Å². The fraction of sp³-hybridized carbons (Fsp3) is 0.778. The molecule has 0 spiro atoms. The first kappa shape index (κ1) is 17.0. The summed E-state index contributed by atoms with van der Waals surface area (Å²) in [7, 11) is 0. The highest BCUT2D eigenvalue weighted by molar-refractivity contribution is 7.12. The highest BCUT2D eigenvalue weighted by Gasteiger charge is 2.25. The van der Waals surface area contributed by atoms with Gasteiger partial charge < -0.3 is 10.1 Å². The van der Waals surface area contributed by atoms with Gasteiger partial charge in [0.15, 0.2) is 0 Å². The molecule has 0 saturated heterocycles. The second-order valence-electron chi connectivity index (χ2n) is 7.03. The molecule has 0 aliphatic heterocycles. The molecule has 3 atom stereocenters. The smallest absolute Gasteiger partial charge is 0.0731 e. The largest absolute Gasteiger partial charge is 0.373 e. The minimum Gasteiger partial charge on any atom is -0.373 e. The van der Waals surface area contributed by atoms with Crippen molar-refractivity contribution in [3.05, 3.63) is 21.4 Å². The Kier molecular flexibility index (Phi) is 6.27. The summed E-state index contributed by atoms with van der Waals surface area (Å²) in [4.78, 5) is 2.83. The fourth-order valence-electron chi connectivity index (χ4n) is 2.98. The second kappa shape index (κ2) is 7.75. The van der Waals surface area contributed by atoms with Crippen LogP contribution in [-0.2, 0) is 17.9 Å². The van der Waals surface area contributed by atoms with Crippen molar-refractivity contribution >= 4 is 11.3 Å². The molecule has 0 aromatic carbocycles. The van der Waals surface area contributed by atoms with Crippen molar-refractivity contribution in [3.8, 4) is 0 Å². The standard InChI is InChI=1S/C18H31NOS/c1-12(2)19-10-18-9-16(15(5)21-18)11-20-17-7-6-13(3)14(4)8-17/h9,12-14,17,19H,6-8,10-11H2,1-5H3. The Morgan fingerprint density at radius 1 is 1.29 bits per heavy atom. The van der Waals surface area contributed by atoms with Gasteiger partial charge in [-0.1, -0.05) is 27.7 Å². The van der Waals surface area contributed by atoms with E-state index in [1.54, 1.807) is 0 Å². The zero-order chi connectivity index (χ0) is 15.4. The normalized spacial score (nSPS) is 26.5. The predicted octanol–water partition coefficient (Wildman–Crippen LogP) is 4.90. The maximum atomic E-state index is 6.19. The number of hydrogen-bond acceptors (Lipinski definition) is 3. The Morgan fingerprint density at radius 3 is 2.71 bits per heavy atom. The first-order chi connectivity index (χ1) is 9.95. The first-order valence-electron chi connectivity index (χ1n) is 8.39. The van der Waals surface area contributed by atoms with Crippen LogP contribution in [0.1, 0.15) is 62.3 Å². The molecule has 1 aromatic heterocycles. The number of ether oxygens (including phenoxy) is 1. The molecule has 0 radical (unpaired) electrons. The van der Waals surface area contributed by atoms with Gasteiger partial charge in [0.1, 0.15) is 0 Å². The predicted molar refractivity (Wildman–Crippen MR) is 91.8 cm³/mol. The van der Waals surface area contributed by atoms with Gasteiger partial charge in [0.05, 0.1) is 12.7 Å². The Bertz CT molecular complexity index is 440. The van der Waals surface area contributed by atoms with Gasteiger partial charge in [0, 0.05) is 22.3 Å². The number of aryl methyl sites for hydroxylation is 1. The molecule has 1 aliphatic carbocycles. The SMILES string of the molecule is Cc1sc(CNC(C)C)cc1COC1CCC(C)C(C)C1. The molecule has 3 heteroatoms. The van der Waals surface area contributed by atoms with E-state index < -0.39 is 0 Å². The Morgan fingerprint density at radius 2 is 2.05 bits per heavy atom. The third-order valence-corrected chi connectivity index (χ3v) is 5.87. The first-order valence-corrected chi connectivity index (χ1v) is 9.20. The van der Waals surface area contributed by atoms with Gasteiger partial charge in [-0.15, -0.1) is 11.3 Å². The molecular formula is C18H31NOS. The molecule has 1 heterocycles. The summed E-state index contributed by atoms with van der Waals surface area (Å²) in [5.41, 5.74) is 1.38. The quantitative estimate of drug-likeness (QED) is 0.807. The maximum absolute atomic E-state index is 6.19. The minimum atomic E-state index is 0.465. The van der Waals surface area contributed by atoms with Crippen LogP contribution in [0.3, 0.4) is 0 Å². The average molecular weight is 310 g/mol. The Balaban J connectivity index is 1.83. The summed E-state index contributed by atoms with van der Waals surface area (Å²) in [6.45, 7) is 13.1. The Hall–Kier alpha value is -0.380. The number of hydrogen-bond donors (Lipinski definition) is 1. The lowest BCUT2D eigenvalue weighted by Crippen LogP contribution is -2.26. The molecule has 3 unspecified atom stereocenters. The van der Waals surface area contributed by atoms with E-state index >= 15 is 0 Å². The molecule has 21 heavy (non-hydrogen) atoms. The summed E-state index contributed by atoms with van der Waals surface area (Å²) in [6.07, 6.45) is 4.24. The zero-order valence-electron chi connectivity index (χ0n) is 14.2. The van der Waals surface area contributed by atoms with Crippen molar-refractivity contribution in [1.82, 2.24) is 5.32 Å². The van der Waals surface area contributed by atoms with Gasteiger partial charge in [0.2, 0.25) is 0 Å². The number of thiophene rings is 1. The molecule has 0 bridgehead atoms. The van der Waals surface area contributed by atoms with Crippen molar-refractivity contribution in [1.29, 1.82) is 0 Å². The molecule has 1 saturated carbocycles.